The van der Waals surface area contributed by atoms with Gasteiger partial charge in [0, 0.05) is 24.6 Å². The highest BCUT2D eigenvalue weighted by Crippen LogP contribution is 2.30. The van der Waals surface area contributed by atoms with Gasteiger partial charge in [-0.25, -0.2) is 0 Å². The zero-order valence-corrected chi connectivity index (χ0v) is 14.2. The number of carbonyl (C=O) groups is 2. The molecule has 1 aromatic carbocycles. The van der Waals surface area contributed by atoms with Gasteiger partial charge in [0.05, 0.1) is 5.56 Å². The minimum absolute atomic E-state index is 0.179. The van der Waals surface area contributed by atoms with Crippen molar-refractivity contribution in [2.24, 2.45) is 5.41 Å². The molecule has 0 bridgehead atoms. The van der Waals surface area contributed by atoms with Crippen LogP contribution in [0.2, 0.25) is 0 Å². The molecule has 0 spiro atoms. The van der Waals surface area contributed by atoms with Crippen molar-refractivity contribution >= 4 is 17.5 Å². The third kappa shape index (κ3) is 4.81. The van der Waals surface area contributed by atoms with Gasteiger partial charge in [-0.3, -0.25) is 14.6 Å². The normalized spacial score (nSPS) is 11.7. The molecule has 2 rings (SSSR count). The Hall–Kier alpha value is -2.90. The Bertz CT molecular complexity index is 773. The van der Waals surface area contributed by atoms with E-state index >= 15 is 0 Å². The van der Waals surface area contributed by atoms with Gasteiger partial charge in [-0.2, -0.15) is 13.2 Å². The van der Waals surface area contributed by atoms with Crippen molar-refractivity contribution in [1.82, 2.24) is 10.3 Å². The van der Waals surface area contributed by atoms with Crippen LogP contribution >= 0.6 is 0 Å². The van der Waals surface area contributed by atoms with Crippen molar-refractivity contribution in [3.63, 3.8) is 0 Å². The molecule has 26 heavy (non-hydrogen) atoms. The summed E-state index contributed by atoms with van der Waals surface area (Å²) in [5.74, 6) is -1.12. The predicted octanol–water partition coefficient (Wildman–Crippen LogP) is 3.38. The van der Waals surface area contributed by atoms with Gasteiger partial charge in [-0.1, -0.05) is 0 Å². The lowest BCUT2D eigenvalue weighted by molar-refractivity contribution is -0.139. The molecule has 1 heterocycles. The van der Waals surface area contributed by atoms with E-state index in [9.17, 15) is 22.8 Å². The molecule has 1 aromatic heterocycles. The molecular formula is C18H18F3N3O2. The number of alkyl halides is 3. The first-order valence-electron chi connectivity index (χ1n) is 7.76. The van der Waals surface area contributed by atoms with Crippen LogP contribution in [0.1, 0.15) is 25.0 Å². The first kappa shape index (κ1) is 19.4. The average molecular weight is 365 g/mol. The molecule has 0 aliphatic heterocycles. The summed E-state index contributed by atoms with van der Waals surface area (Å²) in [4.78, 5) is 28.6. The monoisotopic (exact) mass is 365 g/mol. The lowest BCUT2D eigenvalue weighted by Gasteiger charge is -2.23. The molecule has 0 saturated carbocycles. The molecule has 2 amide bonds. The maximum atomic E-state index is 12.6. The molecule has 8 heteroatoms. The number of hydrogen-bond acceptors (Lipinski definition) is 3. The molecule has 0 radical (unpaired) electrons. The highest BCUT2D eigenvalue weighted by molar-refractivity contribution is 6.09. The number of benzene rings is 1. The van der Waals surface area contributed by atoms with Crippen molar-refractivity contribution in [2.75, 3.05) is 5.32 Å². The lowest BCUT2D eigenvalue weighted by Crippen LogP contribution is -2.44. The third-order valence-corrected chi connectivity index (χ3v) is 3.81. The second kappa shape index (κ2) is 7.55. The number of amides is 2. The van der Waals surface area contributed by atoms with E-state index < -0.39 is 29.0 Å². The fraction of sp³-hybridized carbons (Fsp3) is 0.278. The molecule has 0 aliphatic carbocycles. The van der Waals surface area contributed by atoms with Crippen LogP contribution in [0.3, 0.4) is 0 Å². The van der Waals surface area contributed by atoms with Gasteiger partial charge in [0.15, 0.2) is 0 Å². The molecule has 2 N–H and O–H groups in total. The van der Waals surface area contributed by atoms with Crippen LogP contribution in [0.25, 0.3) is 0 Å². The number of nitrogens with zero attached hydrogens (tertiary/aromatic N) is 1. The summed E-state index contributed by atoms with van der Waals surface area (Å²) in [6.45, 7) is 3.11. The molecule has 5 nitrogen and oxygen atoms in total. The van der Waals surface area contributed by atoms with Crippen molar-refractivity contribution in [3.8, 4) is 0 Å². The number of hydrogen-bond donors (Lipinski definition) is 2. The third-order valence-electron chi connectivity index (χ3n) is 3.81. The van der Waals surface area contributed by atoms with Crippen molar-refractivity contribution < 1.29 is 22.8 Å². The largest absolute Gasteiger partial charge is 0.416 e. The van der Waals surface area contributed by atoms with Crippen LogP contribution in [0, 0.1) is 5.41 Å². The molecule has 2 aromatic rings. The molecule has 0 unspecified atom stereocenters. The van der Waals surface area contributed by atoms with Crippen molar-refractivity contribution in [3.05, 3.63) is 59.9 Å². The quantitative estimate of drug-likeness (QED) is 0.798. The van der Waals surface area contributed by atoms with Crippen LogP contribution < -0.4 is 10.6 Å². The van der Waals surface area contributed by atoms with Gasteiger partial charge in [0.1, 0.15) is 5.41 Å². The fourth-order valence-corrected chi connectivity index (χ4v) is 2.04. The fourth-order valence-electron chi connectivity index (χ4n) is 2.04. The standard InChI is InChI=1S/C18H18F3N3O2/c1-17(2,15(25)23-11-12-7-9-22-10-8-12)16(26)24-14-5-3-13(4-6-14)18(19,20)21/h3-10H,11H2,1-2H3,(H,23,25)(H,24,26). The summed E-state index contributed by atoms with van der Waals surface area (Å²) >= 11 is 0. The lowest BCUT2D eigenvalue weighted by atomic mass is 9.90. The minimum Gasteiger partial charge on any atom is -0.351 e. The second-order valence-electron chi connectivity index (χ2n) is 6.19. The Morgan fingerprint density at radius 3 is 2.08 bits per heavy atom. The van der Waals surface area contributed by atoms with E-state index in [1.54, 1.807) is 24.5 Å². The van der Waals surface area contributed by atoms with Gasteiger partial charge in [-0.05, 0) is 55.8 Å². The minimum atomic E-state index is -4.45. The Labute approximate surface area is 148 Å². The van der Waals surface area contributed by atoms with E-state index in [1.165, 1.54) is 13.8 Å². The zero-order valence-electron chi connectivity index (χ0n) is 14.2. The van der Waals surface area contributed by atoms with E-state index in [2.05, 4.69) is 15.6 Å². The topological polar surface area (TPSA) is 71.1 Å². The van der Waals surface area contributed by atoms with Gasteiger partial charge < -0.3 is 10.6 Å². The maximum absolute atomic E-state index is 12.6. The number of halogens is 3. The van der Waals surface area contributed by atoms with Gasteiger partial charge in [0.25, 0.3) is 0 Å². The van der Waals surface area contributed by atoms with Crippen LogP contribution in [-0.2, 0) is 22.3 Å². The Morgan fingerprint density at radius 2 is 1.54 bits per heavy atom. The van der Waals surface area contributed by atoms with E-state index in [0.717, 1.165) is 29.8 Å². The summed E-state index contributed by atoms with van der Waals surface area (Å²) in [5.41, 5.74) is -1.22. The summed E-state index contributed by atoms with van der Waals surface area (Å²) in [7, 11) is 0. The summed E-state index contributed by atoms with van der Waals surface area (Å²) < 4.78 is 37.7. The van der Waals surface area contributed by atoms with Crippen molar-refractivity contribution in [2.45, 2.75) is 26.6 Å². The number of carbonyl (C=O) groups excluding carboxylic acids is 2. The Kier molecular flexibility index (Phi) is 5.64. The predicted molar refractivity (Wildman–Crippen MR) is 89.9 cm³/mol. The Morgan fingerprint density at radius 1 is 0.962 bits per heavy atom. The van der Waals surface area contributed by atoms with E-state index in [0.29, 0.717) is 0 Å². The first-order chi connectivity index (χ1) is 12.1. The number of nitrogens with one attached hydrogen (secondary N) is 2. The summed E-state index contributed by atoms with van der Waals surface area (Å²) in [6, 6.07) is 7.49. The smallest absolute Gasteiger partial charge is 0.351 e. The second-order valence-corrected chi connectivity index (χ2v) is 6.19. The molecule has 138 valence electrons. The number of aromatic nitrogens is 1. The SMILES string of the molecule is CC(C)(C(=O)NCc1ccncc1)C(=O)Nc1ccc(C(F)(F)F)cc1. The number of anilines is 1. The first-order valence-corrected chi connectivity index (χ1v) is 7.76. The summed E-state index contributed by atoms with van der Waals surface area (Å²) in [6.07, 6.45) is -1.28. The summed E-state index contributed by atoms with van der Waals surface area (Å²) in [5, 5.41) is 5.12. The van der Waals surface area contributed by atoms with Gasteiger partial charge in [0.2, 0.25) is 11.8 Å². The highest BCUT2D eigenvalue weighted by Gasteiger charge is 2.36. The maximum Gasteiger partial charge on any atom is 0.416 e. The zero-order chi connectivity index (χ0) is 19.4. The molecular weight excluding hydrogens is 347 g/mol. The van der Waals surface area contributed by atoms with E-state index in [4.69, 9.17) is 0 Å². The molecule has 0 fully saturated rings. The number of rotatable bonds is 5. The Balaban J connectivity index is 1.99. The average Bonchev–Trinajstić information content (AvgIpc) is 2.60. The molecule has 0 saturated heterocycles. The van der Waals surface area contributed by atoms with Crippen LogP contribution in [-0.4, -0.2) is 16.8 Å². The highest BCUT2D eigenvalue weighted by atomic mass is 19.4. The van der Waals surface area contributed by atoms with Crippen molar-refractivity contribution in [1.29, 1.82) is 0 Å². The van der Waals surface area contributed by atoms with Crippen LogP contribution in [0.4, 0.5) is 18.9 Å². The number of pyridine rings is 1. The molecule has 0 aliphatic rings. The van der Waals surface area contributed by atoms with E-state index in [1.807, 2.05) is 0 Å². The van der Waals surface area contributed by atoms with Crippen LogP contribution in [0.5, 0.6) is 0 Å². The van der Waals surface area contributed by atoms with Gasteiger partial charge in [-0.15, -0.1) is 0 Å². The molecule has 0 atom stereocenters. The van der Waals surface area contributed by atoms with E-state index in [-0.39, 0.29) is 12.2 Å². The van der Waals surface area contributed by atoms with Crippen LogP contribution in [0.15, 0.2) is 48.8 Å². The van der Waals surface area contributed by atoms with Gasteiger partial charge >= 0.3 is 6.18 Å².